The number of hydrogen-bond donors (Lipinski definition) is 2. The molecule has 1 atom stereocenters. The second kappa shape index (κ2) is 7.91. The minimum atomic E-state index is -0.208. The average molecular weight is 316 g/mol. The molecule has 0 aliphatic carbocycles. The second-order valence-corrected chi connectivity index (χ2v) is 7.34. The van der Waals surface area contributed by atoms with E-state index in [9.17, 15) is 4.79 Å². The number of hydrogen-bond acceptors (Lipinski definition) is 3. The van der Waals surface area contributed by atoms with Crippen LogP contribution in [0.2, 0.25) is 5.02 Å². The van der Waals surface area contributed by atoms with Crippen LogP contribution in [-0.4, -0.2) is 29.4 Å². The van der Waals surface area contributed by atoms with Gasteiger partial charge < -0.3 is 10.4 Å². The first kappa shape index (κ1) is 17.3. The van der Waals surface area contributed by atoms with Crippen LogP contribution in [0.5, 0.6) is 0 Å². The lowest BCUT2D eigenvalue weighted by molar-refractivity contribution is -0.120. The van der Waals surface area contributed by atoms with Crippen LogP contribution < -0.4 is 5.32 Å². The molecule has 0 fully saturated rings. The SMILES string of the molecule is CC(Sc1ccccc1Cl)C(=O)NCC(C)(C)CCO. The summed E-state index contributed by atoms with van der Waals surface area (Å²) in [5.74, 6) is -0.0130. The zero-order valence-corrected chi connectivity index (χ0v) is 13.7. The number of aliphatic hydroxyl groups excluding tert-OH is 1. The van der Waals surface area contributed by atoms with Crippen LogP contribution in [0.3, 0.4) is 0 Å². The fourth-order valence-corrected chi connectivity index (χ4v) is 2.82. The van der Waals surface area contributed by atoms with Crippen molar-refractivity contribution in [2.24, 2.45) is 5.41 Å². The van der Waals surface area contributed by atoms with Crippen molar-refractivity contribution in [1.29, 1.82) is 0 Å². The van der Waals surface area contributed by atoms with Crippen LogP contribution in [-0.2, 0) is 4.79 Å². The Morgan fingerprint density at radius 3 is 2.70 bits per heavy atom. The van der Waals surface area contributed by atoms with Crippen molar-refractivity contribution in [2.45, 2.75) is 37.3 Å². The molecule has 0 aromatic heterocycles. The molecule has 0 spiro atoms. The molecule has 0 radical (unpaired) electrons. The van der Waals surface area contributed by atoms with Gasteiger partial charge in [0.05, 0.1) is 10.3 Å². The molecule has 1 rings (SSSR count). The normalized spacial score (nSPS) is 13.1. The summed E-state index contributed by atoms with van der Waals surface area (Å²) in [4.78, 5) is 13.0. The highest BCUT2D eigenvalue weighted by Gasteiger charge is 2.21. The summed E-state index contributed by atoms with van der Waals surface area (Å²) in [6, 6.07) is 7.50. The zero-order chi connectivity index (χ0) is 15.2. The van der Waals surface area contributed by atoms with Crippen molar-refractivity contribution in [1.82, 2.24) is 5.32 Å². The molecule has 0 aliphatic rings. The number of aliphatic hydroxyl groups is 1. The summed E-state index contributed by atoms with van der Waals surface area (Å²) in [5, 5.41) is 12.4. The third-order valence-corrected chi connectivity index (χ3v) is 4.66. The van der Waals surface area contributed by atoms with E-state index >= 15 is 0 Å². The number of carbonyl (C=O) groups is 1. The van der Waals surface area contributed by atoms with Crippen molar-refractivity contribution < 1.29 is 9.90 Å². The predicted octanol–water partition coefficient (Wildman–Crippen LogP) is 3.35. The van der Waals surface area contributed by atoms with Gasteiger partial charge in [-0.2, -0.15) is 0 Å². The first-order chi connectivity index (χ1) is 9.35. The Kier molecular flexibility index (Phi) is 6.86. The van der Waals surface area contributed by atoms with Crippen molar-refractivity contribution >= 4 is 29.3 Å². The van der Waals surface area contributed by atoms with Gasteiger partial charge in [0.25, 0.3) is 0 Å². The van der Waals surface area contributed by atoms with Gasteiger partial charge in [0.1, 0.15) is 0 Å². The standard InChI is InChI=1S/C15H22ClNO2S/c1-11(20-13-7-5-4-6-12(13)16)14(19)17-10-15(2,3)8-9-18/h4-7,11,18H,8-10H2,1-3H3,(H,17,19). The van der Waals surface area contributed by atoms with Crippen molar-refractivity contribution in [3.63, 3.8) is 0 Å². The first-order valence-electron chi connectivity index (χ1n) is 6.65. The van der Waals surface area contributed by atoms with Gasteiger partial charge in [-0.05, 0) is 30.9 Å². The Balaban J connectivity index is 2.50. The van der Waals surface area contributed by atoms with Crippen LogP contribution in [0.4, 0.5) is 0 Å². The van der Waals surface area contributed by atoms with E-state index < -0.39 is 0 Å². The Hall–Kier alpha value is -0.710. The molecular weight excluding hydrogens is 294 g/mol. The molecule has 20 heavy (non-hydrogen) atoms. The van der Waals surface area contributed by atoms with E-state index in [1.807, 2.05) is 45.0 Å². The van der Waals surface area contributed by atoms with E-state index in [2.05, 4.69) is 5.32 Å². The number of benzene rings is 1. The second-order valence-electron chi connectivity index (χ2n) is 5.55. The molecule has 0 saturated carbocycles. The maximum absolute atomic E-state index is 12.1. The van der Waals surface area contributed by atoms with Gasteiger partial charge in [0, 0.05) is 18.0 Å². The van der Waals surface area contributed by atoms with Crippen LogP contribution in [0.15, 0.2) is 29.2 Å². The van der Waals surface area contributed by atoms with E-state index in [1.54, 1.807) is 0 Å². The number of halogens is 1. The lowest BCUT2D eigenvalue weighted by atomic mass is 9.90. The summed E-state index contributed by atoms with van der Waals surface area (Å²) in [6.45, 7) is 6.60. The average Bonchev–Trinajstić information content (AvgIpc) is 2.38. The number of thioether (sulfide) groups is 1. The van der Waals surface area contributed by atoms with Gasteiger partial charge in [-0.25, -0.2) is 0 Å². The smallest absolute Gasteiger partial charge is 0.233 e. The molecule has 5 heteroatoms. The number of nitrogens with one attached hydrogen (secondary N) is 1. The van der Waals surface area contributed by atoms with E-state index in [0.29, 0.717) is 18.0 Å². The molecule has 2 N–H and O–H groups in total. The van der Waals surface area contributed by atoms with Crippen LogP contribution in [0, 0.1) is 5.41 Å². The highest BCUT2D eigenvalue weighted by atomic mass is 35.5. The summed E-state index contributed by atoms with van der Waals surface area (Å²) in [5.41, 5.74) is -0.0980. The Bertz CT molecular complexity index is 451. The van der Waals surface area contributed by atoms with Gasteiger partial charge in [-0.1, -0.05) is 37.6 Å². The molecule has 1 aromatic rings. The Labute approximate surface area is 130 Å². The molecule has 0 heterocycles. The minimum absolute atomic E-state index is 0.0130. The van der Waals surface area contributed by atoms with Crippen LogP contribution >= 0.6 is 23.4 Å². The van der Waals surface area contributed by atoms with Gasteiger partial charge in [-0.15, -0.1) is 11.8 Å². The van der Waals surface area contributed by atoms with Gasteiger partial charge in [-0.3, -0.25) is 4.79 Å². The summed E-state index contributed by atoms with van der Waals surface area (Å²) in [6.07, 6.45) is 0.666. The van der Waals surface area contributed by atoms with E-state index in [4.69, 9.17) is 16.7 Å². The van der Waals surface area contributed by atoms with Gasteiger partial charge >= 0.3 is 0 Å². The van der Waals surface area contributed by atoms with E-state index in [1.165, 1.54) is 11.8 Å². The number of amides is 1. The third-order valence-electron chi connectivity index (χ3n) is 3.04. The molecule has 0 saturated heterocycles. The summed E-state index contributed by atoms with van der Waals surface area (Å²) < 4.78 is 0. The topological polar surface area (TPSA) is 49.3 Å². The largest absolute Gasteiger partial charge is 0.396 e. The molecule has 112 valence electrons. The van der Waals surface area contributed by atoms with Crippen LogP contribution in [0.1, 0.15) is 27.2 Å². The van der Waals surface area contributed by atoms with Crippen LogP contribution in [0.25, 0.3) is 0 Å². The third kappa shape index (κ3) is 5.73. The zero-order valence-electron chi connectivity index (χ0n) is 12.1. The number of carbonyl (C=O) groups excluding carboxylic acids is 1. The Morgan fingerprint density at radius 2 is 2.10 bits per heavy atom. The highest BCUT2D eigenvalue weighted by molar-refractivity contribution is 8.00. The predicted molar refractivity (Wildman–Crippen MR) is 85.3 cm³/mol. The van der Waals surface area contributed by atoms with Crippen molar-refractivity contribution in [3.05, 3.63) is 29.3 Å². The molecule has 1 unspecified atom stereocenters. The van der Waals surface area contributed by atoms with E-state index in [-0.39, 0.29) is 23.2 Å². The molecular formula is C15H22ClNO2S. The quantitative estimate of drug-likeness (QED) is 0.759. The molecule has 1 aromatic carbocycles. The van der Waals surface area contributed by atoms with Crippen molar-refractivity contribution in [2.75, 3.05) is 13.2 Å². The fraction of sp³-hybridized carbons (Fsp3) is 0.533. The molecule has 0 aliphatic heterocycles. The van der Waals surface area contributed by atoms with Crippen molar-refractivity contribution in [3.8, 4) is 0 Å². The van der Waals surface area contributed by atoms with Gasteiger partial charge in [0.15, 0.2) is 0 Å². The maximum atomic E-state index is 12.1. The molecule has 1 amide bonds. The fourth-order valence-electron chi connectivity index (χ4n) is 1.65. The highest BCUT2D eigenvalue weighted by Crippen LogP contribution is 2.30. The van der Waals surface area contributed by atoms with E-state index in [0.717, 1.165) is 4.90 Å². The van der Waals surface area contributed by atoms with Gasteiger partial charge in [0.2, 0.25) is 5.91 Å². The Morgan fingerprint density at radius 1 is 1.45 bits per heavy atom. The first-order valence-corrected chi connectivity index (χ1v) is 7.91. The summed E-state index contributed by atoms with van der Waals surface area (Å²) >= 11 is 7.53. The number of rotatable bonds is 7. The maximum Gasteiger partial charge on any atom is 0.233 e. The summed E-state index contributed by atoms with van der Waals surface area (Å²) in [7, 11) is 0. The lowest BCUT2D eigenvalue weighted by Crippen LogP contribution is -2.38. The minimum Gasteiger partial charge on any atom is -0.396 e. The lowest BCUT2D eigenvalue weighted by Gasteiger charge is -2.24. The molecule has 3 nitrogen and oxygen atoms in total. The monoisotopic (exact) mass is 315 g/mol. The molecule has 0 bridgehead atoms.